The Morgan fingerprint density at radius 1 is 1.23 bits per heavy atom. The van der Waals surface area contributed by atoms with E-state index in [0.717, 1.165) is 36.0 Å². The summed E-state index contributed by atoms with van der Waals surface area (Å²) < 4.78 is 30.1. The van der Waals surface area contributed by atoms with E-state index in [-0.39, 0.29) is 0 Å². The minimum atomic E-state index is -3.62. The predicted octanol–water partition coefficient (Wildman–Crippen LogP) is 4.07. The highest BCUT2D eigenvalue weighted by Gasteiger charge is 2.17. The molecular formula is C18H24O3S. The predicted molar refractivity (Wildman–Crippen MR) is 90.2 cm³/mol. The monoisotopic (exact) mass is 320 g/mol. The fourth-order valence-electron chi connectivity index (χ4n) is 2.41. The average Bonchev–Trinajstić information content (AvgIpc) is 2.40. The third-order valence-corrected chi connectivity index (χ3v) is 4.91. The zero-order valence-electron chi connectivity index (χ0n) is 14.0. The number of benzene rings is 1. The zero-order chi connectivity index (χ0) is 16.8. The molecule has 0 fully saturated rings. The summed E-state index contributed by atoms with van der Waals surface area (Å²) in [6.07, 6.45) is 4.36. The van der Waals surface area contributed by atoms with Crippen LogP contribution in [0.2, 0.25) is 0 Å². The van der Waals surface area contributed by atoms with Crippen LogP contribution in [-0.2, 0) is 14.6 Å². The largest absolute Gasteiger partial charge is 0.500 e. The third kappa shape index (κ3) is 4.92. The second-order valence-corrected chi connectivity index (χ2v) is 7.02. The first-order valence-electron chi connectivity index (χ1n) is 7.40. The van der Waals surface area contributed by atoms with Crippen LogP contribution in [0, 0.1) is 31.9 Å². The standard InChI is InChI=1S/C18H24O3S/c1-6-7-9-17(21-5)10-8-11-22(19,20)18-15(3)12-14(2)13-16(18)4/h10,12-13H,6-7,9H2,1-5H3/b17-10-. The molecule has 1 rings (SSSR count). The third-order valence-electron chi connectivity index (χ3n) is 3.34. The van der Waals surface area contributed by atoms with E-state index >= 15 is 0 Å². The van der Waals surface area contributed by atoms with E-state index in [4.69, 9.17) is 4.74 Å². The van der Waals surface area contributed by atoms with Gasteiger partial charge in [-0.05, 0) is 38.3 Å². The molecule has 0 aliphatic carbocycles. The fraction of sp³-hybridized carbons (Fsp3) is 0.444. The first-order chi connectivity index (χ1) is 10.3. The van der Waals surface area contributed by atoms with Crippen molar-refractivity contribution in [3.05, 3.63) is 40.7 Å². The summed E-state index contributed by atoms with van der Waals surface area (Å²) in [6.45, 7) is 7.63. The number of methoxy groups -OCH3 is 1. The number of unbranched alkanes of at least 4 members (excludes halogenated alkanes) is 1. The average molecular weight is 320 g/mol. The van der Waals surface area contributed by atoms with Gasteiger partial charge in [-0.1, -0.05) is 37.0 Å². The molecular weight excluding hydrogens is 296 g/mol. The van der Waals surface area contributed by atoms with Gasteiger partial charge < -0.3 is 4.74 Å². The van der Waals surface area contributed by atoms with Crippen molar-refractivity contribution in [2.75, 3.05) is 7.11 Å². The number of aryl methyl sites for hydroxylation is 3. The second-order valence-electron chi connectivity index (χ2n) is 5.40. The summed E-state index contributed by atoms with van der Waals surface area (Å²) in [6, 6.07) is 3.72. The Balaban J connectivity index is 3.13. The van der Waals surface area contributed by atoms with Gasteiger partial charge in [-0.25, -0.2) is 8.42 Å². The van der Waals surface area contributed by atoms with Gasteiger partial charge in [0.15, 0.2) is 0 Å². The van der Waals surface area contributed by atoms with Crippen molar-refractivity contribution in [2.45, 2.75) is 51.9 Å². The lowest BCUT2D eigenvalue weighted by molar-refractivity contribution is 0.275. The topological polar surface area (TPSA) is 43.4 Å². The fourth-order valence-corrected chi connectivity index (χ4v) is 3.70. The van der Waals surface area contributed by atoms with Gasteiger partial charge in [0, 0.05) is 17.7 Å². The van der Waals surface area contributed by atoms with E-state index in [1.54, 1.807) is 27.0 Å². The summed E-state index contributed by atoms with van der Waals surface area (Å²) in [5, 5.41) is 2.38. The van der Waals surface area contributed by atoms with Crippen LogP contribution in [0.15, 0.2) is 28.9 Å². The molecule has 0 amide bonds. The molecule has 0 heterocycles. The second kappa shape index (κ2) is 8.05. The normalized spacial score (nSPS) is 11.8. The highest BCUT2D eigenvalue weighted by molar-refractivity contribution is 7.96. The molecule has 0 spiro atoms. The van der Waals surface area contributed by atoms with Crippen LogP contribution in [0.3, 0.4) is 0 Å². The number of hydrogen-bond donors (Lipinski definition) is 0. The van der Waals surface area contributed by atoms with Crippen LogP contribution >= 0.6 is 0 Å². The number of allylic oxidation sites excluding steroid dienone is 2. The summed E-state index contributed by atoms with van der Waals surface area (Å²) in [5.74, 6) is 3.34. The number of ether oxygens (including phenoxy) is 1. The molecule has 0 saturated heterocycles. The Morgan fingerprint density at radius 2 is 1.82 bits per heavy atom. The molecule has 0 aliphatic heterocycles. The molecule has 3 nitrogen and oxygen atoms in total. The van der Waals surface area contributed by atoms with Crippen molar-refractivity contribution in [3.8, 4) is 11.2 Å². The summed E-state index contributed by atoms with van der Waals surface area (Å²) in [7, 11) is -2.05. The van der Waals surface area contributed by atoms with Crippen molar-refractivity contribution < 1.29 is 13.2 Å². The smallest absolute Gasteiger partial charge is 0.246 e. The maximum absolute atomic E-state index is 12.4. The van der Waals surface area contributed by atoms with Gasteiger partial charge in [-0.15, -0.1) is 0 Å². The van der Waals surface area contributed by atoms with Crippen molar-refractivity contribution in [3.63, 3.8) is 0 Å². The first-order valence-corrected chi connectivity index (χ1v) is 8.88. The quantitative estimate of drug-likeness (QED) is 0.467. The van der Waals surface area contributed by atoms with Crippen LogP contribution in [-0.4, -0.2) is 15.5 Å². The molecule has 4 heteroatoms. The number of sulfone groups is 1. The van der Waals surface area contributed by atoms with E-state index in [1.165, 1.54) is 0 Å². The molecule has 1 aromatic carbocycles. The molecule has 22 heavy (non-hydrogen) atoms. The molecule has 0 unspecified atom stereocenters. The summed E-state index contributed by atoms with van der Waals surface area (Å²) in [5.41, 5.74) is 2.51. The lowest BCUT2D eigenvalue weighted by Gasteiger charge is -2.08. The maximum atomic E-state index is 12.4. The van der Waals surface area contributed by atoms with E-state index < -0.39 is 9.84 Å². The van der Waals surface area contributed by atoms with Crippen LogP contribution < -0.4 is 0 Å². The minimum absolute atomic E-state index is 0.312. The number of rotatable bonds is 5. The lowest BCUT2D eigenvalue weighted by Crippen LogP contribution is -2.03. The molecule has 1 aromatic rings. The molecule has 0 bridgehead atoms. The van der Waals surface area contributed by atoms with E-state index in [9.17, 15) is 8.42 Å². The first kappa shape index (κ1) is 18.3. The molecule has 0 aromatic heterocycles. The van der Waals surface area contributed by atoms with Gasteiger partial charge in [0.05, 0.1) is 12.0 Å². The van der Waals surface area contributed by atoms with Crippen molar-refractivity contribution in [2.24, 2.45) is 0 Å². The Labute approximate surface area is 134 Å². The van der Waals surface area contributed by atoms with Gasteiger partial charge in [-0.3, -0.25) is 0 Å². The number of hydrogen-bond acceptors (Lipinski definition) is 3. The van der Waals surface area contributed by atoms with Crippen LogP contribution in [0.1, 0.15) is 42.9 Å². The molecule has 0 atom stereocenters. The van der Waals surface area contributed by atoms with Crippen LogP contribution in [0.25, 0.3) is 0 Å². The molecule has 0 saturated carbocycles. The Bertz CT molecular complexity index is 693. The van der Waals surface area contributed by atoms with Gasteiger partial charge in [0.25, 0.3) is 0 Å². The Morgan fingerprint density at radius 3 is 2.32 bits per heavy atom. The van der Waals surface area contributed by atoms with E-state index in [2.05, 4.69) is 18.1 Å². The van der Waals surface area contributed by atoms with Gasteiger partial charge in [0.2, 0.25) is 9.84 Å². The molecule has 120 valence electrons. The highest BCUT2D eigenvalue weighted by atomic mass is 32.2. The van der Waals surface area contributed by atoms with Crippen molar-refractivity contribution in [1.82, 2.24) is 0 Å². The van der Waals surface area contributed by atoms with Gasteiger partial charge in [0.1, 0.15) is 5.76 Å². The van der Waals surface area contributed by atoms with E-state index in [0.29, 0.717) is 10.7 Å². The van der Waals surface area contributed by atoms with Gasteiger partial charge in [-0.2, -0.15) is 0 Å². The molecule has 0 N–H and O–H groups in total. The van der Waals surface area contributed by atoms with E-state index in [1.807, 2.05) is 19.1 Å². The summed E-state index contributed by atoms with van der Waals surface area (Å²) in [4.78, 5) is 0.312. The van der Waals surface area contributed by atoms with Crippen molar-refractivity contribution in [1.29, 1.82) is 0 Å². The van der Waals surface area contributed by atoms with Gasteiger partial charge >= 0.3 is 0 Å². The highest BCUT2D eigenvalue weighted by Crippen LogP contribution is 2.22. The summed E-state index contributed by atoms with van der Waals surface area (Å²) >= 11 is 0. The Hall–Kier alpha value is -1.73. The maximum Gasteiger partial charge on any atom is 0.246 e. The van der Waals surface area contributed by atoms with Crippen molar-refractivity contribution >= 4 is 9.84 Å². The minimum Gasteiger partial charge on any atom is -0.500 e. The SMILES string of the molecule is CCCC/C(=C/C#CS(=O)(=O)c1c(C)cc(C)cc1C)OC. The molecule has 0 aliphatic rings. The Kier molecular flexibility index (Phi) is 6.70. The van der Waals surface area contributed by atoms with Crippen LogP contribution in [0.5, 0.6) is 0 Å². The zero-order valence-corrected chi connectivity index (χ0v) is 14.8. The lowest BCUT2D eigenvalue weighted by atomic mass is 10.1. The van der Waals surface area contributed by atoms with Crippen LogP contribution in [0.4, 0.5) is 0 Å². The molecule has 0 radical (unpaired) electrons.